The predicted octanol–water partition coefficient (Wildman–Crippen LogP) is -2.75. The number of ether oxygens (including phenoxy) is 1. The van der Waals surface area contributed by atoms with Crippen LogP contribution in [0.5, 0.6) is 0 Å². The molecule has 0 amide bonds. The number of aliphatic hydroxyl groups is 3. The van der Waals surface area contributed by atoms with Crippen LogP contribution in [0, 0.1) is 0 Å². The maximum absolute atomic E-state index is 11.9. The van der Waals surface area contributed by atoms with E-state index < -0.39 is 42.0 Å². The first kappa shape index (κ1) is 15.6. The number of nitrogens with zero attached hydrogens (tertiary/aromatic N) is 1. The van der Waals surface area contributed by atoms with Gasteiger partial charge in [0.15, 0.2) is 0 Å². The second-order valence-electron chi connectivity index (χ2n) is 4.74. The highest BCUT2D eigenvalue weighted by atomic mass is 16.6. The van der Waals surface area contributed by atoms with E-state index in [4.69, 9.17) is 15.6 Å². The van der Waals surface area contributed by atoms with E-state index in [0.717, 1.165) is 10.8 Å². The van der Waals surface area contributed by atoms with Gasteiger partial charge in [0.25, 0.3) is 5.56 Å². The fraction of sp³-hybridized carbons (Fsp3) is 0.500. The van der Waals surface area contributed by atoms with Crippen molar-refractivity contribution in [3.8, 4) is 0 Å². The topological polar surface area (TPSA) is 151 Å². The highest BCUT2D eigenvalue weighted by Gasteiger charge is 2.53. The fourth-order valence-electron chi connectivity index (χ4n) is 2.22. The molecule has 2 heterocycles. The number of rotatable bonds is 3. The van der Waals surface area contributed by atoms with Gasteiger partial charge in [0.05, 0.1) is 12.2 Å². The minimum atomic E-state index is -2.09. The number of aromatic amines is 1. The molecule has 1 aliphatic rings. The van der Waals surface area contributed by atoms with Crippen molar-refractivity contribution in [2.45, 2.75) is 31.1 Å². The first-order valence-electron chi connectivity index (χ1n) is 6.28. The zero-order valence-electron chi connectivity index (χ0n) is 11.3. The standard InChI is InChI=1S/C12H17N3O6/c1-2-3-6-4-15(11(20)14-10(6)19)12(13)9(18)8(17)7(5-16)21-12/h2-4,7-9,16-18H,5,13H2,1H3,(H,14,19,20)/t7-,8-,9-,12+/m1/s1. The lowest BCUT2D eigenvalue weighted by atomic mass is 10.1. The molecule has 0 spiro atoms. The van der Waals surface area contributed by atoms with Gasteiger partial charge in [-0.15, -0.1) is 0 Å². The zero-order chi connectivity index (χ0) is 15.8. The number of allylic oxidation sites excluding steroid dienone is 1. The summed E-state index contributed by atoms with van der Waals surface area (Å²) in [5.74, 6) is -2.09. The lowest BCUT2D eigenvalue weighted by molar-refractivity contribution is -0.146. The first-order chi connectivity index (χ1) is 9.85. The van der Waals surface area contributed by atoms with E-state index in [-0.39, 0.29) is 5.56 Å². The van der Waals surface area contributed by atoms with E-state index in [0.29, 0.717) is 0 Å². The van der Waals surface area contributed by atoms with Crippen molar-refractivity contribution in [3.05, 3.63) is 38.7 Å². The smallest absolute Gasteiger partial charge is 0.331 e. The number of aromatic nitrogens is 2. The third-order valence-corrected chi connectivity index (χ3v) is 3.34. The largest absolute Gasteiger partial charge is 0.394 e. The molecular weight excluding hydrogens is 282 g/mol. The van der Waals surface area contributed by atoms with E-state index in [2.05, 4.69) is 0 Å². The van der Waals surface area contributed by atoms with Gasteiger partial charge in [-0.2, -0.15) is 0 Å². The van der Waals surface area contributed by atoms with Gasteiger partial charge in [-0.1, -0.05) is 12.2 Å². The Morgan fingerprint density at radius 1 is 1.52 bits per heavy atom. The lowest BCUT2D eigenvalue weighted by Crippen LogP contribution is -2.57. The number of hydrogen-bond donors (Lipinski definition) is 5. The summed E-state index contributed by atoms with van der Waals surface area (Å²) in [6.07, 6.45) is -0.120. The Bertz CT molecular complexity index is 666. The van der Waals surface area contributed by atoms with Crippen LogP contribution < -0.4 is 17.0 Å². The van der Waals surface area contributed by atoms with Gasteiger partial charge in [0.1, 0.15) is 18.3 Å². The van der Waals surface area contributed by atoms with Gasteiger partial charge in [-0.25, -0.2) is 4.79 Å². The van der Waals surface area contributed by atoms with Crippen LogP contribution in [0.2, 0.25) is 0 Å². The van der Waals surface area contributed by atoms with E-state index in [1.807, 2.05) is 4.98 Å². The van der Waals surface area contributed by atoms with Crippen LogP contribution >= 0.6 is 0 Å². The van der Waals surface area contributed by atoms with Crippen LogP contribution in [0.4, 0.5) is 0 Å². The van der Waals surface area contributed by atoms with Crippen LogP contribution in [0.15, 0.2) is 21.9 Å². The SMILES string of the molecule is CC=Cc1cn([C@]2(N)O[C@H](CO)[C@@H](O)[C@H]2O)c(=O)[nH]c1=O. The predicted molar refractivity (Wildman–Crippen MR) is 72.2 cm³/mol. The van der Waals surface area contributed by atoms with E-state index in [9.17, 15) is 19.8 Å². The van der Waals surface area contributed by atoms with Crippen LogP contribution in [0.25, 0.3) is 6.08 Å². The highest BCUT2D eigenvalue weighted by molar-refractivity contribution is 5.45. The summed E-state index contributed by atoms with van der Waals surface area (Å²) in [7, 11) is 0. The summed E-state index contributed by atoms with van der Waals surface area (Å²) in [6, 6.07) is 0. The second-order valence-corrected chi connectivity index (χ2v) is 4.74. The molecule has 9 nitrogen and oxygen atoms in total. The minimum Gasteiger partial charge on any atom is -0.394 e. The van der Waals surface area contributed by atoms with Gasteiger partial charge in [0.2, 0.25) is 5.85 Å². The quantitative estimate of drug-likeness (QED) is 0.406. The summed E-state index contributed by atoms with van der Waals surface area (Å²) >= 11 is 0. The molecule has 0 unspecified atom stereocenters. The Hall–Kier alpha value is -1.78. The Balaban J connectivity index is 2.58. The molecule has 0 radical (unpaired) electrons. The van der Waals surface area contributed by atoms with Gasteiger partial charge in [-0.05, 0) is 6.92 Å². The molecule has 1 aromatic rings. The molecule has 1 aromatic heterocycles. The molecule has 0 aliphatic carbocycles. The fourth-order valence-corrected chi connectivity index (χ4v) is 2.22. The lowest BCUT2D eigenvalue weighted by Gasteiger charge is -2.29. The summed E-state index contributed by atoms with van der Waals surface area (Å²) in [4.78, 5) is 25.6. The van der Waals surface area contributed by atoms with Crippen molar-refractivity contribution in [2.24, 2.45) is 5.73 Å². The van der Waals surface area contributed by atoms with E-state index in [1.165, 1.54) is 6.08 Å². The molecular formula is C12H17N3O6. The molecule has 0 bridgehead atoms. The van der Waals surface area contributed by atoms with Gasteiger partial charge in [-0.3, -0.25) is 20.1 Å². The molecule has 0 saturated carbocycles. The van der Waals surface area contributed by atoms with Crippen molar-refractivity contribution >= 4 is 6.08 Å². The molecule has 1 fully saturated rings. The highest BCUT2D eigenvalue weighted by Crippen LogP contribution is 2.30. The Morgan fingerprint density at radius 3 is 2.71 bits per heavy atom. The molecule has 21 heavy (non-hydrogen) atoms. The Labute approximate surface area is 118 Å². The summed E-state index contributed by atoms with van der Waals surface area (Å²) in [5.41, 5.74) is 4.47. The van der Waals surface area contributed by atoms with Crippen molar-refractivity contribution < 1.29 is 20.1 Å². The molecule has 1 aliphatic heterocycles. The van der Waals surface area contributed by atoms with Crippen LogP contribution in [0.1, 0.15) is 12.5 Å². The minimum absolute atomic E-state index is 0.125. The molecule has 6 N–H and O–H groups in total. The first-order valence-corrected chi connectivity index (χ1v) is 6.28. The molecule has 1 saturated heterocycles. The van der Waals surface area contributed by atoms with Crippen molar-refractivity contribution in [1.82, 2.24) is 9.55 Å². The molecule has 4 atom stereocenters. The number of H-pyrrole nitrogens is 1. The number of hydrogen-bond acceptors (Lipinski definition) is 7. The van der Waals surface area contributed by atoms with Gasteiger partial charge in [0, 0.05) is 6.20 Å². The average Bonchev–Trinajstić information content (AvgIpc) is 2.67. The monoisotopic (exact) mass is 299 g/mol. The summed E-state index contributed by atoms with van der Waals surface area (Å²) in [5, 5.41) is 28.8. The van der Waals surface area contributed by atoms with Gasteiger partial charge < -0.3 is 20.1 Å². The zero-order valence-corrected chi connectivity index (χ0v) is 11.3. The third kappa shape index (κ3) is 2.45. The second kappa shape index (κ2) is 5.54. The maximum Gasteiger partial charge on any atom is 0.331 e. The van der Waals surface area contributed by atoms with E-state index >= 15 is 0 Å². The van der Waals surface area contributed by atoms with Gasteiger partial charge >= 0.3 is 5.69 Å². The van der Waals surface area contributed by atoms with Crippen LogP contribution in [0.3, 0.4) is 0 Å². The molecule has 9 heteroatoms. The third-order valence-electron chi connectivity index (χ3n) is 3.34. The summed E-state index contributed by atoms with van der Waals surface area (Å²) < 4.78 is 5.99. The van der Waals surface area contributed by atoms with Crippen LogP contribution in [-0.4, -0.2) is 49.8 Å². The van der Waals surface area contributed by atoms with E-state index in [1.54, 1.807) is 13.0 Å². The van der Waals surface area contributed by atoms with Crippen molar-refractivity contribution in [2.75, 3.05) is 6.61 Å². The molecule has 2 rings (SSSR count). The normalized spacial score (nSPS) is 32.9. The van der Waals surface area contributed by atoms with Crippen LogP contribution in [-0.2, 0) is 10.6 Å². The molecule has 0 aromatic carbocycles. The Morgan fingerprint density at radius 2 is 2.19 bits per heavy atom. The maximum atomic E-state index is 11.9. The van der Waals surface area contributed by atoms with Crippen molar-refractivity contribution in [1.29, 1.82) is 0 Å². The molecule has 116 valence electrons. The Kier molecular flexibility index (Phi) is 4.12. The summed E-state index contributed by atoms with van der Waals surface area (Å²) in [6.45, 7) is 1.09. The number of aliphatic hydroxyl groups excluding tert-OH is 3. The average molecular weight is 299 g/mol. The number of nitrogens with two attached hydrogens (primary N) is 1. The van der Waals surface area contributed by atoms with Crippen molar-refractivity contribution in [3.63, 3.8) is 0 Å². The number of nitrogens with one attached hydrogen (secondary N) is 1.